The van der Waals surface area contributed by atoms with E-state index in [1.54, 1.807) is 37.3 Å². The van der Waals surface area contributed by atoms with E-state index in [0.29, 0.717) is 40.7 Å². The zero-order chi connectivity index (χ0) is 26.2. The Balaban J connectivity index is 2.49. The Labute approximate surface area is 218 Å². The highest BCUT2D eigenvalue weighted by atomic mass is 35.5. The normalized spacial score (nSPS) is 12.2. The van der Waals surface area contributed by atoms with Gasteiger partial charge in [0.05, 0.1) is 11.9 Å². The van der Waals surface area contributed by atoms with E-state index in [4.69, 9.17) is 23.2 Å². The van der Waals surface area contributed by atoms with Gasteiger partial charge in [0.25, 0.3) is 0 Å². The number of sulfonamides is 1. The molecule has 0 saturated carbocycles. The van der Waals surface area contributed by atoms with Gasteiger partial charge in [-0.1, -0.05) is 68.2 Å². The first-order chi connectivity index (χ1) is 16.5. The number of nitrogens with zero attached hydrogens (tertiary/aromatic N) is 2. The summed E-state index contributed by atoms with van der Waals surface area (Å²) in [7, 11) is -3.79. The van der Waals surface area contributed by atoms with Gasteiger partial charge in [0.1, 0.15) is 12.6 Å². The standard InChI is InChI=1S/C25H33Cl2N3O4S/c1-5-14-28-25(32)22(7-3)29(16-19-12-13-20(26)15-21(19)27)24(31)17-30(35(4,33)34)23-11-9-8-10-18(23)6-2/h8-13,15,22H,5-7,14,16-17H2,1-4H3,(H,28,32)/t22-/m1/s1. The van der Waals surface area contributed by atoms with Crippen LogP contribution in [0.4, 0.5) is 5.69 Å². The van der Waals surface area contributed by atoms with Crippen molar-refractivity contribution in [2.45, 2.75) is 52.6 Å². The number of benzene rings is 2. The average Bonchev–Trinajstić information content (AvgIpc) is 2.81. The van der Waals surface area contributed by atoms with E-state index < -0.39 is 28.5 Å². The van der Waals surface area contributed by atoms with Gasteiger partial charge in [-0.2, -0.15) is 0 Å². The second-order valence-electron chi connectivity index (χ2n) is 8.22. The minimum absolute atomic E-state index is 0.0277. The van der Waals surface area contributed by atoms with Crippen molar-refractivity contribution in [2.24, 2.45) is 0 Å². The Morgan fingerprint density at radius 2 is 1.71 bits per heavy atom. The first-order valence-corrected chi connectivity index (χ1v) is 14.2. The molecule has 1 atom stereocenters. The van der Waals surface area contributed by atoms with Gasteiger partial charge in [0, 0.05) is 23.1 Å². The Morgan fingerprint density at radius 1 is 1.03 bits per heavy atom. The number of para-hydroxylation sites is 1. The van der Waals surface area contributed by atoms with Crippen LogP contribution < -0.4 is 9.62 Å². The molecule has 2 aromatic rings. The molecule has 35 heavy (non-hydrogen) atoms. The molecule has 0 fully saturated rings. The summed E-state index contributed by atoms with van der Waals surface area (Å²) in [6.07, 6.45) is 2.75. The van der Waals surface area contributed by atoms with Crippen LogP contribution in [0.25, 0.3) is 0 Å². The lowest BCUT2D eigenvalue weighted by Crippen LogP contribution is -2.52. The Kier molecular flexibility index (Phi) is 10.9. The average molecular weight is 543 g/mol. The number of nitrogens with one attached hydrogen (secondary N) is 1. The number of aryl methyl sites for hydroxylation is 1. The molecule has 192 valence electrons. The molecule has 1 N–H and O–H groups in total. The molecule has 0 saturated heterocycles. The molecule has 0 aliphatic heterocycles. The molecular formula is C25H33Cl2N3O4S. The molecule has 0 radical (unpaired) electrons. The monoisotopic (exact) mass is 541 g/mol. The van der Waals surface area contributed by atoms with Crippen molar-refractivity contribution in [3.63, 3.8) is 0 Å². The molecule has 2 aromatic carbocycles. The highest BCUT2D eigenvalue weighted by Crippen LogP contribution is 2.26. The van der Waals surface area contributed by atoms with Gasteiger partial charge in [-0.15, -0.1) is 0 Å². The number of anilines is 1. The number of hydrogen-bond donors (Lipinski definition) is 1. The molecule has 0 unspecified atom stereocenters. The number of rotatable bonds is 12. The Morgan fingerprint density at radius 3 is 2.29 bits per heavy atom. The van der Waals surface area contributed by atoms with Crippen LogP contribution in [0.2, 0.25) is 10.0 Å². The summed E-state index contributed by atoms with van der Waals surface area (Å²) < 4.78 is 26.6. The molecule has 0 aliphatic rings. The van der Waals surface area contributed by atoms with E-state index in [1.165, 1.54) is 4.90 Å². The summed E-state index contributed by atoms with van der Waals surface area (Å²) in [6.45, 7) is 5.71. The summed E-state index contributed by atoms with van der Waals surface area (Å²) in [5, 5.41) is 3.65. The molecule has 0 aromatic heterocycles. The minimum atomic E-state index is -3.79. The smallest absolute Gasteiger partial charge is 0.244 e. The van der Waals surface area contributed by atoms with Crippen LogP contribution >= 0.6 is 23.2 Å². The lowest BCUT2D eigenvalue weighted by molar-refractivity contribution is -0.140. The predicted molar refractivity (Wildman–Crippen MR) is 142 cm³/mol. The number of halogens is 2. The zero-order valence-electron chi connectivity index (χ0n) is 20.6. The van der Waals surface area contributed by atoms with Gasteiger partial charge in [-0.3, -0.25) is 13.9 Å². The molecule has 0 aliphatic carbocycles. The van der Waals surface area contributed by atoms with Crippen LogP contribution in [0.1, 0.15) is 44.7 Å². The molecule has 10 heteroatoms. The third-order valence-corrected chi connectivity index (χ3v) is 7.32. The fourth-order valence-corrected chi connectivity index (χ4v) is 5.12. The summed E-state index contributed by atoms with van der Waals surface area (Å²) in [5.74, 6) is -0.807. The van der Waals surface area contributed by atoms with Gasteiger partial charge >= 0.3 is 0 Å². The Hall–Kier alpha value is -2.29. The summed E-state index contributed by atoms with van der Waals surface area (Å²) in [4.78, 5) is 28.1. The number of amides is 2. The zero-order valence-corrected chi connectivity index (χ0v) is 22.9. The fraction of sp³-hybridized carbons (Fsp3) is 0.440. The second kappa shape index (κ2) is 13.1. The topological polar surface area (TPSA) is 86.8 Å². The highest BCUT2D eigenvalue weighted by molar-refractivity contribution is 7.92. The molecule has 2 amide bonds. The maximum atomic E-state index is 13.7. The van der Waals surface area contributed by atoms with Crippen LogP contribution in [-0.4, -0.2) is 50.5 Å². The van der Waals surface area contributed by atoms with Gasteiger partial charge in [0.2, 0.25) is 21.8 Å². The molecule has 0 spiro atoms. The third-order valence-electron chi connectivity index (χ3n) is 5.61. The largest absolute Gasteiger partial charge is 0.354 e. The Bertz CT molecular complexity index is 1140. The van der Waals surface area contributed by atoms with Gasteiger partial charge in [-0.25, -0.2) is 8.42 Å². The van der Waals surface area contributed by atoms with E-state index in [0.717, 1.165) is 22.5 Å². The number of hydrogen-bond acceptors (Lipinski definition) is 4. The van der Waals surface area contributed by atoms with Crippen LogP contribution in [0.15, 0.2) is 42.5 Å². The fourth-order valence-electron chi connectivity index (χ4n) is 3.77. The van der Waals surface area contributed by atoms with Crippen LogP contribution in [0, 0.1) is 0 Å². The quantitative estimate of drug-likeness (QED) is 0.423. The maximum Gasteiger partial charge on any atom is 0.244 e. The van der Waals surface area contributed by atoms with E-state index in [2.05, 4.69) is 5.32 Å². The van der Waals surface area contributed by atoms with Crippen LogP contribution in [0.3, 0.4) is 0 Å². The van der Waals surface area contributed by atoms with Crippen molar-refractivity contribution in [1.29, 1.82) is 0 Å². The molecular weight excluding hydrogens is 509 g/mol. The lowest BCUT2D eigenvalue weighted by atomic mass is 10.1. The summed E-state index contributed by atoms with van der Waals surface area (Å²) >= 11 is 12.4. The molecule has 2 rings (SSSR count). The van der Waals surface area contributed by atoms with E-state index in [9.17, 15) is 18.0 Å². The second-order valence-corrected chi connectivity index (χ2v) is 11.0. The van der Waals surface area contributed by atoms with E-state index >= 15 is 0 Å². The van der Waals surface area contributed by atoms with Gasteiger partial charge in [-0.05, 0) is 48.6 Å². The summed E-state index contributed by atoms with van der Waals surface area (Å²) in [5.41, 5.74) is 1.84. The van der Waals surface area contributed by atoms with Crippen molar-refractivity contribution >= 4 is 50.7 Å². The predicted octanol–water partition coefficient (Wildman–Crippen LogP) is 4.66. The number of carbonyl (C=O) groups excluding carboxylic acids is 2. The van der Waals surface area contributed by atoms with Crippen molar-refractivity contribution in [3.05, 3.63) is 63.6 Å². The van der Waals surface area contributed by atoms with E-state index in [1.807, 2.05) is 26.0 Å². The first kappa shape index (κ1) is 28.9. The number of carbonyl (C=O) groups is 2. The highest BCUT2D eigenvalue weighted by Gasteiger charge is 2.32. The van der Waals surface area contributed by atoms with Crippen LogP contribution in [-0.2, 0) is 32.6 Å². The first-order valence-electron chi connectivity index (χ1n) is 11.6. The van der Waals surface area contributed by atoms with Crippen LogP contribution in [0.5, 0.6) is 0 Å². The molecule has 7 nitrogen and oxygen atoms in total. The van der Waals surface area contributed by atoms with Crippen molar-refractivity contribution in [3.8, 4) is 0 Å². The molecule has 0 heterocycles. The van der Waals surface area contributed by atoms with Crippen molar-refractivity contribution < 1.29 is 18.0 Å². The van der Waals surface area contributed by atoms with Gasteiger partial charge < -0.3 is 10.2 Å². The van der Waals surface area contributed by atoms with Crippen molar-refractivity contribution in [2.75, 3.05) is 23.7 Å². The van der Waals surface area contributed by atoms with Gasteiger partial charge in [0.15, 0.2) is 0 Å². The van der Waals surface area contributed by atoms with Crippen molar-refractivity contribution in [1.82, 2.24) is 10.2 Å². The summed E-state index contributed by atoms with van der Waals surface area (Å²) in [6, 6.07) is 11.2. The molecule has 0 bridgehead atoms. The van der Waals surface area contributed by atoms with E-state index in [-0.39, 0.29) is 12.5 Å². The minimum Gasteiger partial charge on any atom is -0.354 e. The maximum absolute atomic E-state index is 13.7. The lowest BCUT2D eigenvalue weighted by Gasteiger charge is -2.33. The SMILES string of the molecule is CCCNC(=O)[C@@H](CC)N(Cc1ccc(Cl)cc1Cl)C(=O)CN(c1ccccc1CC)S(C)(=O)=O. The third kappa shape index (κ3) is 7.85.